The molecule has 134 valence electrons. The van der Waals surface area contributed by atoms with Crippen molar-refractivity contribution in [2.75, 3.05) is 6.54 Å². The number of carboxylic acid groups (broad SMARTS) is 1. The lowest BCUT2D eigenvalue weighted by atomic mass is 9.90. The van der Waals surface area contributed by atoms with E-state index in [0.717, 1.165) is 12.8 Å². The van der Waals surface area contributed by atoms with Crippen LogP contribution in [-0.4, -0.2) is 36.0 Å². The molecule has 1 amide bonds. The van der Waals surface area contributed by atoms with Gasteiger partial charge in [-0.15, -0.1) is 0 Å². The van der Waals surface area contributed by atoms with E-state index in [4.69, 9.17) is 4.74 Å². The summed E-state index contributed by atoms with van der Waals surface area (Å²) in [5.74, 6) is -1.34. The highest BCUT2D eigenvalue weighted by molar-refractivity contribution is 5.72. The van der Waals surface area contributed by atoms with Crippen LogP contribution < -0.4 is 5.32 Å². The summed E-state index contributed by atoms with van der Waals surface area (Å²) < 4.78 is 9.44. The van der Waals surface area contributed by atoms with Gasteiger partial charge in [0.1, 0.15) is 0 Å². The van der Waals surface area contributed by atoms with Gasteiger partial charge in [-0.2, -0.15) is 0 Å². The van der Waals surface area contributed by atoms with Crippen LogP contribution >= 0.6 is 0 Å². The molecule has 0 aliphatic rings. The zero-order valence-electron chi connectivity index (χ0n) is 14.6. The number of nitrogens with one attached hydrogen (secondary N) is 1. The van der Waals surface area contributed by atoms with Crippen molar-refractivity contribution in [2.45, 2.75) is 60.2 Å². The van der Waals surface area contributed by atoms with Gasteiger partial charge in [-0.05, 0) is 18.3 Å². The number of amides is 1. The number of hydrogen-bond donors (Lipinski definition) is 2. The fraction of sp³-hybridized carbons (Fsp3) is 0.812. The molecule has 0 saturated heterocycles. The summed E-state index contributed by atoms with van der Waals surface area (Å²) in [5, 5.41) is 11.7. The Bertz CT molecular complexity index is 396. The number of rotatable bonds is 10. The van der Waals surface area contributed by atoms with E-state index in [2.05, 4.69) is 23.9 Å². The first-order valence-corrected chi connectivity index (χ1v) is 7.96. The minimum absolute atomic E-state index is 0.0209. The van der Waals surface area contributed by atoms with Gasteiger partial charge in [0.15, 0.2) is 0 Å². The molecular weight excluding hydrogens is 302 g/mol. The minimum atomic E-state index is -1.01. The maximum absolute atomic E-state index is 11.5. The van der Waals surface area contributed by atoms with Gasteiger partial charge in [0.25, 0.3) is 0 Å². The first-order valence-electron chi connectivity index (χ1n) is 7.96. The predicted octanol–water partition coefficient (Wildman–Crippen LogP) is 2.78. The molecule has 0 heterocycles. The second kappa shape index (κ2) is 10.9. The zero-order valence-corrected chi connectivity index (χ0v) is 14.6. The van der Waals surface area contributed by atoms with Crippen molar-refractivity contribution in [3.05, 3.63) is 0 Å². The third-order valence-electron chi connectivity index (χ3n) is 3.37. The maximum atomic E-state index is 11.5. The fourth-order valence-electron chi connectivity index (χ4n) is 2.15. The summed E-state index contributed by atoms with van der Waals surface area (Å²) in [5.41, 5.74) is 0. The number of ether oxygens (including phenoxy) is 2. The first-order chi connectivity index (χ1) is 10.6. The summed E-state index contributed by atoms with van der Waals surface area (Å²) >= 11 is 0. The van der Waals surface area contributed by atoms with Crippen LogP contribution in [-0.2, 0) is 19.1 Å². The molecule has 0 saturated carbocycles. The van der Waals surface area contributed by atoms with Gasteiger partial charge < -0.3 is 19.9 Å². The molecule has 0 aliphatic carbocycles. The van der Waals surface area contributed by atoms with Crippen LogP contribution in [0.15, 0.2) is 0 Å². The average Bonchev–Trinajstić information content (AvgIpc) is 2.39. The van der Waals surface area contributed by atoms with E-state index in [9.17, 15) is 19.5 Å². The number of hydrogen-bond acceptors (Lipinski definition) is 5. The number of carbonyl (C=O) groups is 3. The first kappa shape index (κ1) is 21.2. The highest BCUT2D eigenvalue weighted by atomic mass is 16.7. The van der Waals surface area contributed by atoms with Gasteiger partial charge in [-0.25, -0.2) is 4.79 Å². The average molecular weight is 331 g/mol. The van der Waals surface area contributed by atoms with Gasteiger partial charge in [-0.3, -0.25) is 9.59 Å². The van der Waals surface area contributed by atoms with Crippen molar-refractivity contribution >= 4 is 18.0 Å². The topological polar surface area (TPSA) is 102 Å². The number of aliphatic carboxylic acids is 1. The highest BCUT2D eigenvalue weighted by Gasteiger charge is 2.22. The van der Waals surface area contributed by atoms with Crippen LogP contribution in [0.4, 0.5) is 4.79 Å². The van der Waals surface area contributed by atoms with E-state index in [0.29, 0.717) is 12.3 Å². The molecule has 7 heteroatoms. The van der Waals surface area contributed by atoms with Crippen LogP contribution in [0.2, 0.25) is 0 Å². The molecule has 0 spiro atoms. The fourth-order valence-corrected chi connectivity index (χ4v) is 2.15. The van der Waals surface area contributed by atoms with E-state index >= 15 is 0 Å². The molecule has 7 nitrogen and oxygen atoms in total. The smallest absolute Gasteiger partial charge is 0.410 e. The summed E-state index contributed by atoms with van der Waals surface area (Å²) in [6.45, 7) is 8.86. The Kier molecular flexibility index (Phi) is 10.0. The molecular formula is C16H29NO6. The summed E-state index contributed by atoms with van der Waals surface area (Å²) in [6, 6.07) is 0. The second-order valence-corrected chi connectivity index (χ2v) is 6.31. The van der Waals surface area contributed by atoms with E-state index in [1.807, 2.05) is 6.92 Å². The Hall–Kier alpha value is -1.79. The van der Waals surface area contributed by atoms with Crippen LogP contribution in [0, 0.1) is 17.8 Å². The Morgan fingerprint density at radius 2 is 1.65 bits per heavy atom. The standard InChI is InChI=1S/C16H29NO6/c1-10(2)6-7-11(3)8-14(15(19)20)9-17-16(21)23-13(5)22-12(4)18/h10-11,13-14H,6-9H2,1-5H3,(H,17,21)(H,19,20)/t11-,13+,14+/m0/s1. The Balaban J connectivity index is 4.25. The molecule has 0 aliphatic heterocycles. The number of carboxylic acids is 1. The molecule has 0 aromatic heterocycles. The van der Waals surface area contributed by atoms with E-state index in [1.165, 1.54) is 13.8 Å². The van der Waals surface area contributed by atoms with Gasteiger partial charge in [0.2, 0.25) is 6.29 Å². The highest BCUT2D eigenvalue weighted by Crippen LogP contribution is 2.19. The lowest BCUT2D eigenvalue weighted by molar-refractivity contribution is -0.162. The minimum Gasteiger partial charge on any atom is -0.481 e. The lowest BCUT2D eigenvalue weighted by Gasteiger charge is -2.19. The van der Waals surface area contributed by atoms with Crippen molar-refractivity contribution in [3.8, 4) is 0 Å². The Labute approximate surface area is 137 Å². The van der Waals surface area contributed by atoms with Crippen molar-refractivity contribution in [1.82, 2.24) is 5.32 Å². The van der Waals surface area contributed by atoms with Gasteiger partial charge >= 0.3 is 18.0 Å². The van der Waals surface area contributed by atoms with Crippen molar-refractivity contribution < 1.29 is 29.0 Å². The molecule has 0 unspecified atom stereocenters. The third-order valence-corrected chi connectivity index (χ3v) is 3.37. The summed E-state index contributed by atoms with van der Waals surface area (Å²) in [7, 11) is 0. The molecule has 2 N–H and O–H groups in total. The Morgan fingerprint density at radius 1 is 1.04 bits per heavy atom. The van der Waals surface area contributed by atoms with Crippen molar-refractivity contribution in [1.29, 1.82) is 0 Å². The molecule has 0 radical (unpaired) electrons. The van der Waals surface area contributed by atoms with E-state index in [1.54, 1.807) is 0 Å². The maximum Gasteiger partial charge on any atom is 0.410 e. The molecule has 0 rings (SSSR count). The van der Waals surface area contributed by atoms with Crippen LogP contribution in [0.5, 0.6) is 0 Å². The zero-order chi connectivity index (χ0) is 18.0. The van der Waals surface area contributed by atoms with E-state index in [-0.39, 0.29) is 12.5 Å². The Morgan fingerprint density at radius 3 is 2.13 bits per heavy atom. The van der Waals surface area contributed by atoms with Crippen LogP contribution in [0.3, 0.4) is 0 Å². The second-order valence-electron chi connectivity index (χ2n) is 6.31. The van der Waals surface area contributed by atoms with Crippen molar-refractivity contribution in [2.24, 2.45) is 17.8 Å². The summed E-state index contributed by atoms with van der Waals surface area (Å²) in [4.78, 5) is 33.5. The molecule has 0 fully saturated rings. The molecule has 0 aromatic rings. The monoisotopic (exact) mass is 331 g/mol. The quantitative estimate of drug-likeness (QED) is 0.471. The number of carbonyl (C=O) groups excluding carboxylic acids is 2. The SMILES string of the molecule is CC(=O)O[C@@H](C)OC(=O)NC[C@@H](C[C@@H](C)CCC(C)C)C(=O)O. The van der Waals surface area contributed by atoms with E-state index < -0.39 is 30.2 Å². The van der Waals surface area contributed by atoms with Gasteiger partial charge in [0.05, 0.1) is 5.92 Å². The molecule has 0 bridgehead atoms. The third kappa shape index (κ3) is 11.4. The number of alkyl carbamates (subject to hydrolysis) is 1. The largest absolute Gasteiger partial charge is 0.481 e. The molecule has 3 atom stereocenters. The summed E-state index contributed by atoms with van der Waals surface area (Å²) in [6.07, 6.45) is 0.667. The predicted molar refractivity (Wildman–Crippen MR) is 84.7 cm³/mol. The molecule has 0 aromatic carbocycles. The normalized spacial score (nSPS) is 14.7. The van der Waals surface area contributed by atoms with Gasteiger partial charge in [-0.1, -0.05) is 33.6 Å². The van der Waals surface area contributed by atoms with Gasteiger partial charge in [0, 0.05) is 20.4 Å². The van der Waals surface area contributed by atoms with Crippen molar-refractivity contribution in [3.63, 3.8) is 0 Å². The number of esters is 1. The lowest BCUT2D eigenvalue weighted by Crippen LogP contribution is -2.36. The molecule has 23 heavy (non-hydrogen) atoms. The van der Waals surface area contributed by atoms with Crippen LogP contribution in [0.25, 0.3) is 0 Å². The van der Waals surface area contributed by atoms with Crippen LogP contribution in [0.1, 0.15) is 53.9 Å².